The monoisotopic (exact) mass is 446 g/mol. The van der Waals surface area contributed by atoms with Crippen LogP contribution in [0, 0.1) is 17.8 Å². The SMILES string of the molecule is CCOc1ccc(C2C3=C(OC4C(C)CC(C)CC4C3=O)C(=O)N2Cc2cccnc2)cc1. The average Bonchev–Trinajstić information content (AvgIpc) is 3.08. The molecule has 0 saturated heterocycles. The van der Waals surface area contributed by atoms with Gasteiger partial charge in [-0.2, -0.15) is 0 Å². The summed E-state index contributed by atoms with van der Waals surface area (Å²) in [6, 6.07) is 11.0. The van der Waals surface area contributed by atoms with Crippen molar-refractivity contribution in [2.75, 3.05) is 6.61 Å². The Bertz CT molecular complexity index is 1080. The topological polar surface area (TPSA) is 68.7 Å². The summed E-state index contributed by atoms with van der Waals surface area (Å²) in [4.78, 5) is 33.5. The molecule has 5 unspecified atom stereocenters. The highest BCUT2D eigenvalue weighted by atomic mass is 16.5. The molecule has 172 valence electrons. The second kappa shape index (κ2) is 8.65. The van der Waals surface area contributed by atoms with Gasteiger partial charge in [-0.1, -0.05) is 32.0 Å². The number of amides is 1. The quantitative estimate of drug-likeness (QED) is 0.678. The van der Waals surface area contributed by atoms with E-state index in [2.05, 4.69) is 18.8 Å². The van der Waals surface area contributed by atoms with E-state index in [4.69, 9.17) is 9.47 Å². The van der Waals surface area contributed by atoms with Crippen LogP contribution in [0.3, 0.4) is 0 Å². The number of fused-ring (bicyclic) bond motifs is 1. The zero-order chi connectivity index (χ0) is 23.1. The lowest BCUT2D eigenvalue weighted by Gasteiger charge is -2.41. The standard InChI is InChI=1S/C27H30N2O4/c1-4-32-20-9-7-19(8-10-20)23-22-24(30)21-13-16(2)12-17(3)25(21)33-26(22)27(31)29(23)15-18-6-5-11-28-14-18/h5-11,14,16-17,21,23,25H,4,12-13,15H2,1-3H3. The third-order valence-corrected chi connectivity index (χ3v) is 7.11. The first-order valence-electron chi connectivity index (χ1n) is 11.9. The Morgan fingerprint density at radius 2 is 1.91 bits per heavy atom. The molecule has 1 aromatic heterocycles. The Morgan fingerprint density at radius 3 is 2.61 bits per heavy atom. The molecule has 1 aromatic carbocycles. The second-order valence-electron chi connectivity index (χ2n) is 9.55. The molecule has 1 saturated carbocycles. The number of ether oxygens (including phenoxy) is 2. The molecule has 3 heterocycles. The highest BCUT2D eigenvalue weighted by Gasteiger charge is 2.53. The number of hydrogen-bond donors (Lipinski definition) is 0. The van der Waals surface area contributed by atoms with E-state index in [1.807, 2.05) is 43.3 Å². The number of nitrogens with zero attached hydrogens (tertiary/aromatic N) is 2. The molecule has 0 bridgehead atoms. The maximum atomic E-state index is 13.9. The molecular weight excluding hydrogens is 416 g/mol. The maximum absolute atomic E-state index is 13.9. The van der Waals surface area contributed by atoms with Gasteiger partial charge in [0.1, 0.15) is 11.9 Å². The van der Waals surface area contributed by atoms with E-state index in [1.165, 1.54) is 0 Å². The number of Topliss-reactive ketones (excluding diaryl/α,β-unsaturated/α-hetero) is 1. The first-order valence-corrected chi connectivity index (χ1v) is 11.9. The molecular formula is C27H30N2O4. The van der Waals surface area contributed by atoms with E-state index in [0.717, 1.165) is 29.7 Å². The summed E-state index contributed by atoms with van der Waals surface area (Å²) in [5.74, 6) is 1.36. The summed E-state index contributed by atoms with van der Waals surface area (Å²) >= 11 is 0. The van der Waals surface area contributed by atoms with Crippen molar-refractivity contribution < 1.29 is 19.1 Å². The lowest BCUT2D eigenvalue weighted by atomic mass is 9.70. The van der Waals surface area contributed by atoms with Crippen LogP contribution in [0.15, 0.2) is 60.1 Å². The van der Waals surface area contributed by atoms with Crippen LogP contribution in [0.4, 0.5) is 0 Å². The van der Waals surface area contributed by atoms with Gasteiger partial charge in [0.25, 0.3) is 5.91 Å². The molecule has 0 spiro atoms. The van der Waals surface area contributed by atoms with Crippen LogP contribution in [-0.4, -0.2) is 34.3 Å². The number of hydrogen-bond acceptors (Lipinski definition) is 5. The van der Waals surface area contributed by atoms with Gasteiger partial charge >= 0.3 is 0 Å². The van der Waals surface area contributed by atoms with Crippen LogP contribution < -0.4 is 4.74 Å². The number of carbonyl (C=O) groups is 2. The van der Waals surface area contributed by atoms with Crippen molar-refractivity contribution in [1.82, 2.24) is 9.88 Å². The minimum absolute atomic E-state index is 0.0700. The Hall–Kier alpha value is -3.15. The van der Waals surface area contributed by atoms with Gasteiger partial charge in [-0.3, -0.25) is 14.6 Å². The van der Waals surface area contributed by atoms with Gasteiger partial charge in [0.05, 0.1) is 24.1 Å². The first-order chi connectivity index (χ1) is 16.0. The van der Waals surface area contributed by atoms with Crippen molar-refractivity contribution in [2.24, 2.45) is 17.8 Å². The predicted octanol–water partition coefficient (Wildman–Crippen LogP) is 4.47. The predicted molar refractivity (Wildman–Crippen MR) is 123 cm³/mol. The lowest BCUT2D eigenvalue weighted by Crippen LogP contribution is -2.45. The molecule has 6 nitrogen and oxygen atoms in total. The Kier molecular flexibility index (Phi) is 5.69. The van der Waals surface area contributed by atoms with E-state index >= 15 is 0 Å². The highest BCUT2D eigenvalue weighted by Crippen LogP contribution is 2.49. The molecule has 6 heteroatoms. The fourth-order valence-electron chi connectivity index (χ4n) is 5.73. The third-order valence-electron chi connectivity index (χ3n) is 7.11. The lowest BCUT2D eigenvalue weighted by molar-refractivity contribution is -0.139. The Morgan fingerprint density at radius 1 is 1.12 bits per heavy atom. The summed E-state index contributed by atoms with van der Waals surface area (Å²) in [5, 5.41) is 0. The fraction of sp³-hybridized carbons (Fsp3) is 0.444. The van der Waals surface area contributed by atoms with Crippen LogP contribution >= 0.6 is 0 Å². The van der Waals surface area contributed by atoms with Crippen molar-refractivity contribution in [3.8, 4) is 5.75 Å². The normalized spacial score (nSPS) is 28.9. The summed E-state index contributed by atoms with van der Waals surface area (Å²) in [5.41, 5.74) is 2.30. The summed E-state index contributed by atoms with van der Waals surface area (Å²) in [6.07, 6.45) is 5.05. The molecule has 5 atom stereocenters. The van der Waals surface area contributed by atoms with E-state index in [1.54, 1.807) is 17.3 Å². The third kappa shape index (κ3) is 3.81. The number of ketones is 1. The van der Waals surface area contributed by atoms with Crippen molar-refractivity contribution in [2.45, 2.75) is 52.3 Å². The average molecular weight is 447 g/mol. The van der Waals surface area contributed by atoms with Crippen LogP contribution in [0.1, 0.15) is 50.8 Å². The zero-order valence-corrected chi connectivity index (χ0v) is 19.4. The fourth-order valence-corrected chi connectivity index (χ4v) is 5.73. The highest BCUT2D eigenvalue weighted by molar-refractivity contribution is 6.11. The maximum Gasteiger partial charge on any atom is 0.290 e. The Labute approximate surface area is 194 Å². The smallest absolute Gasteiger partial charge is 0.290 e. The molecule has 5 rings (SSSR count). The molecule has 33 heavy (non-hydrogen) atoms. The van der Waals surface area contributed by atoms with Crippen LogP contribution in [0.25, 0.3) is 0 Å². The van der Waals surface area contributed by atoms with Crippen molar-refractivity contribution in [3.63, 3.8) is 0 Å². The molecule has 3 aliphatic rings. The summed E-state index contributed by atoms with van der Waals surface area (Å²) in [7, 11) is 0. The molecule has 0 N–H and O–H groups in total. The molecule has 0 radical (unpaired) electrons. The van der Waals surface area contributed by atoms with Crippen molar-refractivity contribution in [3.05, 3.63) is 71.3 Å². The van der Waals surface area contributed by atoms with E-state index < -0.39 is 6.04 Å². The van der Waals surface area contributed by atoms with E-state index in [-0.39, 0.29) is 35.4 Å². The molecule has 1 amide bonds. The summed E-state index contributed by atoms with van der Waals surface area (Å²) < 4.78 is 12.0. The molecule has 2 aliphatic heterocycles. The van der Waals surface area contributed by atoms with Crippen molar-refractivity contribution >= 4 is 11.7 Å². The van der Waals surface area contributed by atoms with E-state index in [9.17, 15) is 9.59 Å². The van der Waals surface area contributed by atoms with Gasteiger partial charge in [0.2, 0.25) is 0 Å². The molecule has 1 aliphatic carbocycles. The van der Waals surface area contributed by atoms with Gasteiger partial charge in [-0.05, 0) is 60.9 Å². The van der Waals surface area contributed by atoms with Gasteiger partial charge < -0.3 is 14.4 Å². The number of carbonyl (C=O) groups excluding carboxylic acids is 2. The van der Waals surface area contributed by atoms with Gasteiger partial charge in [0, 0.05) is 18.9 Å². The molecule has 2 aromatic rings. The number of aromatic nitrogens is 1. The number of rotatable bonds is 5. The summed E-state index contributed by atoms with van der Waals surface area (Å²) in [6.45, 7) is 7.20. The van der Waals surface area contributed by atoms with Gasteiger partial charge in [-0.15, -0.1) is 0 Å². The molecule has 1 fully saturated rings. The van der Waals surface area contributed by atoms with Gasteiger partial charge in [0.15, 0.2) is 11.5 Å². The van der Waals surface area contributed by atoms with Crippen molar-refractivity contribution in [1.29, 1.82) is 0 Å². The van der Waals surface area contributed by atoms with Crippen LogP contribution in [0.2, 0.25) is 0 Å². The number of pyridine rings is 1. The minimum atomic E-state index is -0.482. The van der Waals surface area contributed by atoms with E-state index in [0.29, 0.717) is 24.6 Å². The zero-order valence-electron chi connectivity index (χ0n) is 19.4. The number of benzene rings is 1. The second-order valence-corrected chi connectivity index (χ2v) is 9.55. The largest absolute Gasteiger partial charge is 0.494 e. The van der Waals surface area contributed by atoms with Gasteiger partial charge in [-0.25, -0.2) is 0 Å². The minimum Gasteiger partial charge on any atom is -0.494 e. The Balaban J connectivity index is 1.56. The first kappa shape index (κ1) is 21.7. The van der Waals surface area contributed by atoms with Crippen LogP contribution in [0.5, 0.6) is 5.75 Å². The van der Waals surface area contributed by atoms with Crippen LogP contribution in [-0.2, 0) is 20.9 Å².